The van der Waals surface area contributed by atoms with E-state index in [1.807, 2.05) is 6.07 Å². The molecule has 0 aromatic heterocycles. The predicted molar refractivity (Wildman–Crippen MR) is 83.9 cm³/mol. The van der Waals surface area contributed by atoms with Crippen LogP contribution in [0.15, 0.2) is 18.2 Å². The third-order valence-electron chi connectivity index (χ3n) is 3.64. The minimum atomic E-state index is -0.237. The lowest BCUT2D eigenvalue weighted by molar-refractivity contribution is -0.122. The van der Waals surface area contributed by atoms with Crippen molar-refractivity contribution in [2.24, 2.45) is 5.73 Å². The number of carbonyl (C=O) groups is 1. The molecule has 1 amide bonds. The summed E-state index contributed by atoms with van der Waals surface area (Å²) in [5.74, 6) is -0.279. The van der Waals surface area contributed by atoms with Crippen molar-refractivity contribution in [3.63, 3.8) is 0 Å². The largest absolute Gasteiger partial charge is 0.351 e. The van der Waals surface area contributed by atoms with Crippen molar-refractivity contribution in [2.45, 2.75) is 32.4 Å². The fourth-order valence-corrected chi connectivity index (χ4v) is 2.44. The zero-order chi connectivity index (χ0) is 14.5. The molecule has 1 heterocycles. The van der Waals surface area contributed by atoms with E-state index in [-0.39, 0.29) is 30.2 Å². The van der Waals surface area contributed by atoms with Crippen LogP contribution in [0.25, 0.3) is 0 Å². The molecule has 1 saturated heterocycles. The Morgan fingerprint density at radius 2 is 2.29 bits per heavy atom. The number of nitrogens with two attached hydrogens (primary N) is 1. The van der Waals surface area contributed by atoms with Gasteiger partial charge in [-0.3, -0.25) is 9.69 Å². The van der Waals surface area contributed by atoms with Crippen molar-refractivity contribution in [1.29, 1.82) is 0 Å². The van der Waals surface area contributed by atoms with Crippen LogP contribution in [-0.2, 0) is 11.3 Å². The van der Waals surface area contributed by atoms with Gasteiger partial charge in [0.05, 0.1) is 6.54 Å². The van der Waals surface area contributed by atoms with E-state index >= 15 is 0 Å². The lowest BCUT2D eigenvalue weighted by atomic mass is 10.1. The van der Waals surface area contributed by atoms with Crippen molar-refractivity contribution in [2.75, 3.05) is 19.6 Å². The van der Waals surface area contributed by atoms with Crippen LogP contribution < -0.4 is 11.1 Å². The molecule has 2 rings (SSSR count). The maximum atomic E-state index is 13.4. The van der Waals surface area contributed by atoms with Gasteiger partial charge in [-0.15, -0.1) is 12.4 Å². The fourth-order valence-electron chi connectivity index (χ4n) is 2.44. The van der Waals surface area contributed by atoms with Gasteiger partial charge in [-0.1, -0.05) is 12.1 Å². The summed E-state index contributed by atoms with van der Waals surface area (Å²) in [6, 6.07) is 5.19. The molecule has 4 nitrogen and oxygen atoms in total. The number of carbonyl (C=O) groups excluding carboxylic acids is 1. The summed E-state index contributed by atoms with van der Waals surface area (Å²) in [7, 11) is 0. The Hall–Kier alpha value is -1.17. The Kier molecular flexibility index (Phi) is 7.08. The van der Waals surface area contributed by atoms with Gasteiger partial charge in [0.1, 0.15) is 5.82 Å². The van der Waals surface area contributed by atoms with Gasteiger partial charge in [-0.05, 0) is 43.5 Å². The van der Waals surface area contributed by atoms with Crippen molar-refractivity contribution in [1.82, 2.24) is 10.2 Å². The number of nitrogens with zero attached hydrogens (tertiary/aromatic N) is 1. The van der Waals surface area contributed by atoms with E-state index < -0.39 is 0 Å². The molecule has 6 heteroatoms. The first-order chi connectivity index (χ1) is 9.54. The minimum absolute atomic E-state index is 0. The average Bonchev–Trinajstić information content (AvgIpc) is 2.40. The van der Waals surface area contributed by atoms with Crippen molar-refractivity contribution >= 4 is 18.3 Å². The van der Waals surface area contributed by atoms with Crippen LogP contribution in [0.5, 0.6) is 0 Å². The molecule has 0 aliphatic carbocycles. The monoisotopic (exact) mass is 315 g/mol. The average molecular weight is 316 g/mol. The van der Waals surface area contributed by atoms with E-state index in [4.69, 9.17) is 5.73 Å². The molecule has 1 aliphatic rings. The molecular weight excluding hydrogens is 293 g/mol. The number of halogens is 2. The number of aryl methyl sites for hydroxylation is 1. The summed E-state index contributed by atoms with van der Waals surface area (Å²) in [4.78, 5) is 13.9. The van der Waals surface area contributed by atoms with Crippen LogP contribution >= 0.6 is 12.4 Å². The Bertz CT molecular complexity index is 484. The number of hydrogen-bond donors (Lipinski definition) is 2. The van der Waals surface area contributed by atoms with Crippen LogP contribution in [0, 0.1) is 12.7 Å². The second-order valence-corrected chi connectivity index (χ2v) is 5.50. The molecular formula is C15H23ClFN3O. The molecule has 0 radical (unpaired) electrons. The summed E-state index contributed by atoms with van der Waals surface area (Å²) < 4.78 is 13.4. The molecule has 1 aliphatic heterocycles. The summed E-state index contributed by atoms with van der Waals surface area (Å²) in [6.07, 6.45) is 2.07. The van der Waals surface area contributed by atoms with Crippen LogP contribution in [-0.4, -0.2) is 36.5 Å². The number of rotatable bonds is 4. The standard InChI is InChI=1S/C15H22FN3O.ClH/c1-11-4-5-12(7-14(11)16)8-18-15(20)10-19-6-2-3-13(17)9-19;/h4-5,7,13H,2-3,6,8-10,17H2,1H3,(H,18,20);1H. The summed E-state index contributed by atoms with van der Waals surface area (Å²) in [5.41, 5.74) is 7.27. The Balaban J connectivity index is 0.00000220. The molecule has 0 saturated carbocycles. The predicted octanol–water partition coefficient (Wildman–Crippen LogP) is 1.60. The molecule has 1 aromatic rings. The number of amides is 1. The van der Waals surface area contributed by atoms with Gasteiger partial charge in [0.25, 0.3) is 0 Å². The van der Waals surface area contributed by atoms with Gasteiger partial charge in [0.2, 0.25) is 5.91 Å². The van der Waals surface area contributed by atoms with Crippen LogP contribution in [0.4, 0.5) is 4.39 Å². The Morgan fingerprint density at radius 1 is 1.52 bits per heavy atom. The highest BCUT2D eigenvalue weighted by Gasteiger charge is 2.18. The van der Waals surface area contributed by atoms with E-state index in [9.17, 15) is 9.18 Å². The molecule has 3 N–H and O–H groups in total. The quantitative estimate of drug-likeness (QED) is 0.887. The Labute approximate surface area is 131 Å². The Morgan fingerprint density at radius 3 is 2.95 bits per heavy atom. The first-order valence-corrected chi connectivity index (χ1v) is 7.04. The van der Waals surface area contributed by atoms with Crippen molar-refractivity contribution < 1.29 is 9.18 Å². The van der Waals surface area contributed by atoms with Crippen LogP contribution in [0.1, 0.15) is 24.0 Å². The molecule has 1 atom stereocenters. The number of nitrogens with one attached hydrogen (secondary N) is 1. The van der Waals surface area contributed by atoms with Crippen molar-refractivity contribution in [3.05, 3.63) is 35.1 Å². The maximum Gasteiger partial charge on any atom is 0.234 e. The zero-order valence-electron chi connectivity index (χ0n) is 12.3. The molecule has 21 heavy (non-hydrogen) atoms. The van der Waals surface area contributed by atoms with Gasteiger partial charge in [0.15, 0.2) is 0 Å². The number of benzene rings is 1. The van der Waals surface area contributed by atoms with Crippen LogP contribution in [0.2, 0.25) is 0 Å². The van der Waals surface area contributed by atoms with E-state index in [0.29, 0.717) is 18.7 Å². The highest BCUT2D eigenvalue weighted by Crippen LogP contribution is 2.09. The summed E-state index contributed by atoms with van der Waals surface area (Å²) in [6.45, 7) is 4.13. The summed E-state index contributed by atoms with van der Waals surface area (Å²) >= 11 is 0. The summed E-state index contributed by atoms with van der Waals surface area (Å²) in [5, 5.41) is 2.82. The number of hydrogen-bond acceptors (Lipinski definition) is 3. The molecule has 1 unspecified atom stereocenters. The molecule has 1 aromatic carbocycles. The normalized spacial score (nSPS) is 18.9. The lowest BCUT2D eigenvalue weighted by Crippen LogP contribution is -2.46. The number of piperidine rings is 1. The third-order valence-corrected chi connectivity index (χ3v) is 3.64. The van der Waals surface area contributed by atoms with Crippen LogP contribution in [0.3, 0.4) is 0 Å². The molecule has 1 fully saturated rings. The second kappa shape index (κ2) is 8.32. The molecule has 0 bridgehead atoms. The molecule has 0 spiro atoms. The smallest absolute Gasteiger partial charge is 0.234 e. The second-order valence-electron chi connectivity index (χ2n) is 5.50. The SMILES string of the molecule is Cc1ccc(CNC(=O)CN2CCCC(N)C2)cc1F.Cl. The first kappa shape index (κ1) is 17.9. The van der Waals surface area contributed by atoms with Gasteiger partial charge >= 0.3 is 0 Å². The molecule has 118 valence electrons. The lowest BCUT2D eigenvalue weighted by Gasteiger charge is -2.29. The van der Waals surface area contributed by atoms with Gasteiger partial charge in [0, 0.05) is 19.1 Å². The van der Waals surface area contributed by atoms with E-state index in [0.717, 1.165) is 31.5 Å². The number of likely N-dealkylation sites (tertiary alicyclic amines) is 1. The zero-order valence-corrected chi connectivity index (χ0v) is 13.1. The fraction of sp³-hybridized carbons (Fsp3) is 0.533. The minimum Gasteiger partial charge on any atom is -0.351 e. The van der Waals surface area contributed by atoms with Crippen molar-refractivity contribution in [3.8, 4) is 0 Å². The van der Waals surface area contributed by atoms with Gasteiger partial charge in [-0.25, -0.2) is 4.39 Å². The topological polar surface area (TPSA) is 58.4 Å². The third kappa shape index (κ3) is 5.61. The highest BCUT2D eigenvalue weighted by molar-refractivity contribution is 5.85. The van der Waals surface area contributed by atoms with E-state index in [1.54, 1.807) is 13.0 Å². The highest BCUT2D eigenvalue weighted by atomic mass is 35.5. The van der Waals surface area contributed by atoms with E-state index in [2.05, 4.69) is 10.2 Å². The maximum absolute atomic E-state index is 13.4. The van der Waals surface area contributed by atoms with E-state index in [1.165, 1.54) is 6.07 Å². The first-order valence-electron chi connectivity index (χ1n) is 7.04. The van der Waals surface area contributed by atoms with Gasteiger partial charge in [-0.2, -0.15) is 0 Å². The van der Waals surface area contributed by atoms with Gasteiger partial charge < -0.3 is 11.1 Å².